The first-order valence-electron chi connectivity index (χ1n) is 12.3. The summed E-state index contributed by atoms with van der Waals surface area (Å²) in [4.78, 5) is 52.0. The maximum absolute atomic E-state index is 13.1. The van der Waals surface area contributed by atoms with Crippen molar-refractivity contribution in [2.75, 3.05) is 6.61 Å². The van der Waals surface area contributed by atoms with Crippen LogP contribution >= 0.6 is 0 Å². The predicted octanol–water partition coefficient (Wildman–Crippen LogP) is 3.70. The molecular formula is C29H27N3O5. The van der Waals surface area contributed by atoms with E-state index in [1.807, 2.05) is 19.1 Å². The van der Waals surface area contributed by atoms with Crippen molar-refractivity contribution in [1.82, 2.24) is 15.5 Å². The summed E-state index contributed by atoms with van der Waals surface area (Å²) in [6, 6.07) is 19.2. The Morgan fingerprint density at radius 3 is 2.16 bits per heavy atom. The average Bonchev–Trinajstić information content (AvgIpc) is 3.71. The zero-order chi connectivity index (χ0) is 25.9. The Morgan fingerprint density at radius 2 is 1.54 bits per heavy atom. The molecule has 1 fully saturated rings. The maximum Gasteiger partial charge on any atom is 0.261 e. The Kier molecular flexibility index (Phi) is 6.72. The first-order chi connectivity index (χ1) is 17.9. The van der Waals surface area contributed by atoms with Crippen molar-refractivity contribution in [2.24, 2.45) is 0 Å². The minimum absolute atomic E-state index is 0.0451. The topological polar surface area (TPSA) is 105 Å². The van der Waals surface area contributed by atoms with Gasteiger partial charge in [-0.2, -0.15) is 0 Å². The summed E-state index contributed by atoms with van der Waals surface area (Å²) in [5.41, 5.74) is 3.14. The monoisotopic (exact) mass is 497 g/mol. The molecule has 2 N–H and O–H groups in total. The summed E-state index contributed by atoms with van der Waals surface area (Å²) >= 11 is 0. The van der Waals surface area contributed by atoms with Gasteiger partial charge in [-0.3, -0.25) is 24.1 Å². The van der Waals surface area contributed by atoms with Crippen LogP contribution in [0.3, 0.4) is 0 Å². The van der Waals surface area contributed by atoms with E-state index in [-0.39, 0.29) is 36.7 Å². The number of amides is 4. The second kappa shape index (κ2) is 10.3. The maximum atomic E-state index is 13.1. The van der Waals surface area contributed by atoms with Crippen molar-refractivity contribution in [3.63, 3.8) is 0 Å². The van der Waals surface area contributed by atoms with Crippen LogP contribution in [0.2, 0.25) is 0 Å². The van der Waals surface area contributed by atoms with E-state index in [0.717, 1.165) is 18.4 Å². The number of rotatable bonds is 9. The summed E-state index contributed by atoms with van der Waals surface area (Å²) in [5, 5.41) is 5.84. The average molecular weight is 498 g/mol. The minimum Gasteiger partial charge on any atom is -0.493 e. The fourth-order valence-corrected chi connectivity index (χ4v) is 4.25. The van der Waals surface area contributed by atoms with Crippen molar-refractivity contribution in [3.05, 3.63) is 100 Å². The number of ether oxygens (including phenoxy) is 1. The Balaban J connectivity index is 1.27. The van der Waals surface area contributed by atoms with Gasteiger partial charge >= 0.3 is 0 Å². The van der Waals surface area contributed by atoms with Crippen molar-refractivity contribution < 1.29 is 23.9 Å². The quantitative estimate of drug-likeness (QED) is 0.439. The minimum atomic E-state index is -0.352. The molecule has 8 nitrogen and oxygen atoms in total. The number of hydrogen-bond donors (Lipinski definition) is 2. The summed E-state index contributed by atoms with van der Waals surface area (Å²) in [7, 11) is 0. The summed E-state index contributed by atoms with van der Waals surface area (Å²) in [6.45, 7) is 2.51. The van der Waals surface area contributed by atoms with Gasteiger partial charge in [-0.1, -0.05) is 30.3 Å². The third kappa shape index (κ3) is 5.23. The number of imide groups is 1. The van der Waals surface area contributed by atoms with E-state index in [2.05, 4.69) is 10.6 Å². The molecule has 0 saturated heterocycles. The van der Waals surface area contributed by atoms with E-state index in [9.17, 15) is 19.2 Å². The number of nitrogens with one attached hydrogen (secondary N) is 2. The summed E-state index contributed by atoms with van der Waals surface area (Å²) in [6.07, 6.45) is 2.05. The van der Waals surface area contributed by atoms with E-state index in [1.165, 1.54) is 4.90 Å². The predicted molar refractivity (Wildman–Crippen MR) is 136 cm³/mol. The van der Waals surface area contributed by atoms with Gasteiger partial charge in [0.25, 0.3) is 23.6 Å². The van der Waals surface area contributed by atoms with Gasteiger partial charge in [0.05, 0.1) is 29.8 Å². The molecule has 5 rings (SSSR count). The highest BCUT2D eigenvalue weighted by Gasteiger charge is 2.35. The molecule has 3 aromatic rings. The number of nitrogens with zero attached hydrogens (tertiary/aromatic N) is 1. The standard InChI is InChI=1S/C29H27N3O5/c1-2-37-25-14-9-19(17-32-28(35)22-5-3-4-6-23(22)29(32)36)15-24(25)27(34)30-16-18-7-10-20(11-8-18)26(33)31-21-12-13-21/h3-11,14-15,21H,2,12-13,16-17H2,1H3,(H,30,34)(H,31,33). The van der Waals surface area contributed by atoms with Crippen LogP contribution in [0.15, 0.2) is 66.7 Å². The Labute approximate surface area is 214 Å². The van der Waals surface area contributed by atoms with Crippen LogP contribution in [0.1, 0.15) is 72.3 Å². The smallest absolute Gasteiger partial charge is 0.261 e. The van der Waals surface area contributed by atoms with Crippen LogP contribution in [-0.2, 0) is 13.1 Å². The molecule has 1 saturated carbocycles. The number of carbonyl (C=O) groups excluding carboxylic acids is 4. The lowest BCUT2D eigenvalue weighted by Gasteiger charge is -2.16. The van der Waals surface area contributed by atoms with E-state index in [4.69, 9.17) is 4.74 Å². The lowest BCUT2D eigenvalue weighted by molar-refractivity contribution is 0.0642. The molecule has 3 aromatic carbocycles. The Morgan fingerprint density at radius 1 is 0.892 bits per heavy atom. The third-order valence-corrected chi connectivity index (χ3v) is 6.39. The van der Waals surface area contributed by atoms with Gasteiger partial charge in [0, 0.05) is 18.2 Å². The molecular weight excluding hydrogens is 470 g/mol. The Bertz CT molecular complexity index is 1340. The fraction of sp³-hybridized carbons (Fsp3) is 0.241. The lowest BCUT2D eigenvalue weighted by atomic mass is 10.1. The van der Waals surface area contributed by atoms with Crippen molar-refractivity contribution in [3.8, 4) is 5.75 Å². The highest BCUT2D eigenvalue weighted by molar-refractivity contribution is 6.21. The second-order valence-electron chi connectivity index (χ2n) is 9.13. The highest BCUT2D eigenvalue weighted by Crippen LogP contribution is 2.27. The zero-order valence-electron chi connectivity index (χ0n) is 20.5. The number of hydrogen-bond acceptors (Lipinski definition) is 5. The lowest BCUT2D eigenvalue weighted by Crippen LogP contribution is -2.29. The van der Waals surface area contributed by atoms with Gasteiger partial charge in [0.2, 0.25) is 0 Å². The molecule has 0 unspecified atom stereocenters. The second-order valence-corrected chi connectivity index (χ2v) is 9.13. The van der Waals surface area contributed by atoms with Gasteiger partial charge < -0.3 is 15.4 Å². The van der Waals surface area contributed by atoms with Gasteiger partial charge in [-0.05, 0) is 67.3 Å². The van der Waals surface area contributed by atoms with E-state index < -0.39 is 0 Å². The highest BCUT2D eigenvalue weighted by atomic mass is 16.5. The molecule has 0 atom stereocenters. The molecule has 0 spiro atoms. The molecule has 2 aliphatic rings. The SMILES string of the molecule is CCOc1ccc(CN2C(=O)c3ccccc3C2=O)cc1C(=O)NCc1ccc(C(=O)NC2CC2)cc1. The van der Waals surface area contributed by atoms with Crippen LogP contribution in [0.4, 0.5) is 0 Å². The van der Waals surface area contributed by atoms with Crippen LogP contribution in [0.25, 0.3) is 0 Å². The molecule has 37 heavy (non-hydrogen) atoms. The van der Waals surface area contributed by atoms with Gasteiger partial charge in [-0.25, -0.2) is 0 Å². The Hall–Kier alpha value is -4.46. The molecule has 8 heteroatoms. The van der Waals surface area contributed by atoms with Crippen LogP contribution in [-0.4, -0.2) is 41.2 Å². The fourth-order valence-electron chi connectivity index (χ4n) is 4.25. The van der Waals surface area contributed by atoms with E-state index >= 15 is 0 Å². The van der Waals surface area contributed by atoms with Crippen LogP contribution in [0.5, 0.6) is 5.75 Å². The van der Waals surface area contributed by atoms with Crippen molar-refractivity contribution in [1.29, 1.82) is 0 Å². The molecule has 0 radical (unpaired) electrons. The van der Waals surface area contributed by atoms with Crippen molar-refractivity contribution in [2.45, 2.75) is 38.9 Å². The van der Waals surface area contributed by atoms with Crippen LogP contribution in [0, 0.1) is 0 Å². The largest absolute Gasteiger partial charge is 0.493 e. The van der Waals surface area contributed by atoms with E-state index in [0.29, 0.717) is 46.2 Å². The third-order valence-electron chi connectivity index (χ3n) is 6.39. The molecule has 0 bridgehead atoms. The first-order valence-corrected chi connectivity index (χ1v) is 12.3. The number of benzene rings is 3. The summed E-state index contributed by atoms with van der Waals surface area (Å²) < 4.78 is 5.65. The van der Waals surface area contributed by atoms with Gasteiger partial charge in [-0.15, -0.1) is 0 Å². The van der Waals surface area contributed by atoms with Crippen LogP contribution < -0.4 is 15.4 Å². The summed E-state index contributed by atoms with van der Waals surface area (Å²) in [5.74, 6) is -0.722. The molecule has 0 aromatic heterocycles. The van der Waals surface area contributed by atoms with E-state index in [1.54, 1.807) is 54.6 Å². The van der Waals surface area contributed by atoms with Crippen molar-refractivity contribution >= 4 is 23.6 Å². The number of carbonyl (C=O) groups is 4. The zero-order valence-corrected chi connectivity index (χ0v) is 20.5. The van der Waals surface area contributed by atoms with Gasteiger partial charge in [0.15, 0.2) is 0 Å². The van der Waals surface area contributed by atoms with Gasteiger partial charge in [0.1, 0.15) is 5.75 Å². The molecule has 1 heterocycles. The molecule has 4 amide bonds. The first kappa shape index (κ1) is 24.2. The molecule has 188 valence electrons. The normalized spacial score (nSPS) is 14.4. The molecule has 1 aliphatic heterocycles. The molecule has 1 aliphatic carbocycles. The number of fused-ring (bicyclic) bond motifs is 1.